The molecule has 0 atom stereocenters. The van der Waals surface area contributed by atoms with Gasteiger partial charge in [0, 0.05) is 11.9 Å². The van der Waals surface area contributed by atoms with Gasteiger partial charge in [-0.25, -0.2) is 0 Å². The van der Waals surface area contributed by atoms with E-state index in [4.69, 9.17) is 0 Å². The van der Waals surface area contributed by atoms with Crippen molar-refractivity contribution in [1.82, 2.24) is 34.8 Å². The van der Waals surface area contributed by atoms with Crippen molar-refractivity contribution in [3.05, 3.63) is 59.7 Å². The summed E-state index contributed by atoms with van der Waals surface area (Å²) < 4.78 is 3.53. The third-order valence-corrected chi connectivity index (χ3v) is 4.18. The molecule has 3 aromatic heterocycles. The van der Waals surface area contributed by atoms with Gasteiger partial charge in [-0.15, -0.1) is 5.10 Å². The zero-order chi connectivity index (χ0) is 16.1. The number of fused-ring (bicyclic) bond motifs is 4. The highest BCUT2D eigenvalue weighted by Gasteiger charge is 2.15. The number of aryl methyl sites for hydroxylation is 1. The number of aromatic nitrogens is 7. The Balaban J connectivity index is 1.83. The SMILES string of the molecule is Cc1cccc(Cn2c3ccccc3c3nn4nnnc4nc32)c1. The topological polar surface area (TPSA) is 73.8 Å². The first kappa shape index (κ1) is 13.1. The summed E-state index contributed by atoms with van der Waals surface area (Å²) in [6, 6.07) is 16.6. The molecule has 5 rings (SSSR count). The van der Waals surface area contributed by atoms with Gasteiger partial charge in [-0.2, -0.15) is 4.98 Å². The Bertz CT molecular complexity index is 1200. The molecule has 0 unspecified atom stereocenters. The maximum absolute atomic E-state index is 4.62. The minimum Gasteiger partial charge on any atom is -0.319 e. The monoisotopic (exact) mass is 315 g/mol. The number of rotatable bonds is 2. The normalized spacial score (nSPS) is 11.7. The predicted octanol–water partition coefficient (Wildman–Crippen LogP) is 2.38. The van der Waals surface area contributed by atoms with E-state index in [0.29, 0.717) is 5.78 Å². The van der Waals surface area contributed by atoms with Crippen LogP contribution in [-0.4, -0.2) is 34.8 Å². The van der Waals surface area contributed by atoms with E-state index in [0.717, 1.165) is 28.6 Å². The van der Waals surface area contributed by atoms with Crippen LogP contribution < -0.4 is 0 Å². The van der Waals surface area contributed by atoms with Gasteiger partial charge in [-0.1, -0.05) is 57.8 Å². The van der Waals surface area contributed by atoms with Crippen molar-refractivity contribution in [3.63, 3.8) is 0 Å². The van der Waals surface area contributed by atoms with Gasteiger partial charge in [0.05, 0.1) is 5.52 Å². The average molecular weight is 315 g/mol. The Kier molecular flexibility index (Phi) is 2.64. The van der Waals surface area contributed by atoms with E-state index < -0.39 is 0 Å². The molecule has 7 nitrogen and oxygen atoms in total. The Morgan fingerprint density at radius 3 is 2.88 bits per heavy atom. The zero-order valence-corrected chi connectivity index (χ0v) is 13.0. The van der Waals surface area contributed by atoms with Crippen LogP contribution in [0.1, 0.15) is 11.1 Å². The smallest absolute Gasteiger partial charge is 0.293 e. The summed E-state index contributed by atoms with van der Waals surface area (Å²) in [6.07, 6.45) is 0. The molecule has 0 aliphatic carbocycles. The molecule has 0 saturated carbocycles. The molecule has 0 radical (unpaired) electrons. The molecular weight excluding hydrogens is 302 g/mol. The standard InChI is InChI=1S/C17H13N7/c1-11-5-4-6-12(9-11)10-23-14-8-3-2-7-13(14)15-16(23)18-17-19-21-22-24(17)20-15/h2-9H,10H2,1H3. The lowest BCUT2D eigenvalue weighted by atomic mass is 10.1. The molecule has 0 aliphatic heterocycles. The van der Waals surface area contributed by atoms with Gasteiger partial charge < -0.3 is 4.57 Å². The van der Waals surface area contributed by atoms with Crippen molar-refractivity contribution in [2.45, 2.75) is 13.5 Å². The van der Waals surface area contributed by atoms with Crippen LogP contribution in [0.3, 0.4) is 0 Å². The summed E-state index contributed by atoms with van der Waals surface area (Å²) in [5.74, 6) is 0.399. The number of para-hydroxylation sites is 1. The summed E-state index contributed by atoms with van der Waals surface area (Å²) in [4.78, 5) is 4.62. The quantitative estimate of drug-likeness (QED) is 0.500. The number of nitrogens with zero attached hydrogens (tertiary/aromatic N) is 7. The molecule has 0 spiro atoms. The van der Waals surface area contributed by atoms with Crippen molar-refractivity contribution in [3.8, 4) is 0 Å². The first-order valence-electron chi connectivity index (χ1n) is 7.68. The molecule has 116 valence electrons. The van der Waals surface area contributed by atoms with Crippen LogP contribution in [0.2, 0.25) is 0 Å². The van der Waals surface area contributed by atoms with Crippen LogP contribution in [0, 0.1) is 6.92 Å². The maximum Gasteiger partial charge on any atom is 0.293 e. The highest BCUT2D eigenvalue weighted by Crippen LogP contribution is 2.27. The molecule has 0 aliphatic rings. The van der Waals surface area contributed by atoms with Gasteiger partial charge in [0.15, 0.2) is 5.65 Å². The Hall–Kier alpha value is -3.35. The summed E-state index contributed by atoms with van der Waals surface area (Å²) in [6.45, 7) is 2.82. The van der Waals surface area contributed by atoms with Crippen molar-refractivity contribution >= 4 is 27.8 Å². The molecule has 2 aromatic carbocycles. The average Bonchev–Trinajstić information content (AvgIpc) is 3.17. The van der Waals surface area contributed by atoms with Crippen LogP contribution in [0.25, 0.3) is 27.8 Å². The van der Waals surface area contributed by atoms with Crippen LogP contribution in [0.15, 0.2) is 48.5 Å². The van der Waals surface area contributed by atoms with E-state index in [-0.39, 0.29) is 0 Å². The molecule has 5 aromatic rings. The van der Waals surface area contributed by atoms with E-state index >= 15 is 0 Å². The van der Waals surface area contributed by atoms with Crippen molar-refractivity contribution < 1.29 is 0 Å². The van der Waals surface area contributed by atoms with Gasteiger partial charge in [-0.05, 0) is 29.0 Å². The lowest BCUT2D eigenvalue weighted by Crippen LogP contribution is -2.03. The summed E-state index contributed by atoms with van der Waals surface area (Å²) in [5, 5.41) is 17.0. The fourth-order valence-electron chi connectivity index (χ4n) is 3.14. The number of benzene rings is 2. The van der Waals surface area contributed by atoms with Gasteiger partial charge in [0.1, 0.15) is 5.52 Å². The first-order chi connectivity index (χ1) is 11.8. The number of tetrazole rings is 1. The number of hydrogen-bond donors (Lipinski definition) is 0. The molecular formula is C17H13N7. The van der Waals surface area contributed by atoms with E-state index in [1.165, 1.54) is 15.8 Å². The second-order valence-electron chi connectivity index (χ2n) is 5.84. The largest absolute Gasteiger partial charge is 0.319 e. The Labute approximate surface area is 136 Å². The molecule has 3 heterocycles. The molecule has 0 fully saturated rings. The summed E-state index contributed by atoms with van der Waals surface area (Å²) in [7, 11) is 0. The maximum atomic E-state index is 4.62. The van der Waals surface area contributed by atoms with E-state index in [9.17, 15) is 0 Å². The van der Waals surface area contributed by atoms with Gasteiger partial charge >= 0.3 is 0 Å². The zero-order valence-electron chi connectivity index (χ0n) is 13.0. The molecule has 24 heavy (non-hydrogen) atoms. The van der Waals surface area contributed by atoms with Crippen molar-refractivity contribution in [1.29, 1.82) is 0 Å². The molecule has 0 N–H and O–H groups in total. The van der Waals surface area contributed by atoms with Crippen LogP contribution in [-0.2, 0) is 6.54 Å². The summed E-state index contributed by atoms with van der Waals surface area (Å²) >= 11 is 0. The fourth-order valence-corrected chi connectivity index (χ4v) is 3.14. The third-order valence-electron chi connectivity index (χ3n) is 4.18. The van der Waals surface area contributed by atoms with Crippen LogP contribution >= 0.6 is 0 Å². The lowest BCUT2D eigenvalue weighted by molar-refractivity contribution is 0.738. The van der Waals surface area contributed by atoms with Gasteiger partial charge in [0.2, 0.25) is 0 Å². The van der Waals surface area contributed by atoms with Crippen LogP contribution in [0.5, 0.6) is 0 Å². The second-order valence-corrected chi connectivity index (χ2v) is 5.84. The fraction of sp³-hybridized carbons (Fsp3) is 0.118. The molecule has 7 heteroatoms. The lowest BCUT2D eigenvalue weighted by Gasteiger charge is -2.07. The van der Waals surface area contributed by atoms with E-state index in [2.05, 4.69) is 73.5 Å². The Morgan fingerprint density at radius 2 is 1.96 bits per heavy atom. The summed E-state index contributed by atoms with van der Waals surface area (Å²) in [5.41, 5.74) is 5.15. The minimum atomic E-state index is 0.399. The van der Waals surface area contributed by atoms with Crippen molar-refractivity contribution in [2.75, 3.05) is 0 Å². The van der Waals surface area contributed by atoms with Gasteiger partial charge in [-0.3, -0.25) is 0 Å². The molecule has 0 amide bonds. The van der Waals surface area contributed by atoms with Gasteiger partial charge in [0.25, 0.3) is 5.78 Å². The van der Waals surface area contributed by atoms with Crippen molar-refractivity contribution in [2.24, 2.45) is 0 Å². The minimum absolute atomic E-state index is 0.399. The van der Waals surface area contributed by atoms with E-state index in [1.54, 1.807) is 0 Å². The highest BCUT2D eigenvalue weighted by atomic mass is 15.6. The predicted molar refractivity (Wildman–Crippen MR) is 89.7 cm³/mol. The molecule has 0 bridgehead atoms. The first-order valence-corrected chi connectivity index (χ1v) is 7.68. The highest BCUT2D eigenvalue weighted by molar-refractivity contribution is 6.04. The second kappa shape index (κ2) is 4.82. The number of hydrogen-bond acceptors (Lipinski definition) is 5. The van der Waals surface area contributed by atoms with Crippen LogP contribution in [0.4, 0.5) is 0 Å². The third kappa shape index (κ3) is 1.88. The van der Waals surface area contributed by atoms with E-state index in [1.807, 2.05) is 12.1 Å². The molecule has 0 saturated heterocycles. The Morgan fingerprint density at radius 1 is 1.04 bits per heavy atom.